The van der Waals surface area contributed by atoms with Gasteiger partial charge in [0.15, 0.2) is 9.84 Å². The molecule has 0 amide bonds. The molecule has 0 bridgehead atoms. The second kappa shape index (κ2) is 2.54. The molecule has 0 aromatic carbocycles. The molecule has 0 N–H and O–H groups in total. The van der Waals surface area contributed by atoms with Crippen LogP contribution in [0.4, 0.5) is 0 Å². The summed E-state index contributed by atoms with van der Waals surface area (Å²) in [4.78, 5) is 4.20. The Morgan fingerprint density at radius 3 is 2.60 bits per heavy atom. The summed E-state index contributed by atoms with van der Waals surface area (Å²) in [6.07, 6.45) is 5.04. The number of aliphatic imine (C=N–C) groups is 1. The van der Waals surface area contributed by atoms with Gasteiger partial charge >= 0.3 is 0 Å². The second-order valence-electron chi connectivity index (χ2n) is 2.20. The number of allylic oxidation sites excluding steroid dienone is 1. The lowest BCUT2D eigenvalue weighted by Crippen LogP contribution is -2.05. The molecule has 0 fully saturated rings. The summed E-state index contributed by atoms with van der Waals surface area (Å²) in [6, 6.07) is 0. The highest BCUT2D eigenvalue weighted by Crippen LogP contribution is 2.06. The SMILES string of the molecule is CS(=O)(=O)C1=CCCN=C1. The van der Waals surface area contributed by atoms with Crippen molar-refractivity contribution in [3.63, 3.8) is 0 Å². The highest BCUT2D eigenvalue weighted by molar-refractivity contribution is 7.95. The van der Waals surface area contributed by atoms with E-state index in [9.17, 15) is 8.42 Å². The van der Waals surface area contributed by atoms with Gasteiger partial charge in [0.1, 0.15) is 0 Å². The topological polar surface area (TPSA) is 46.5 Å². The Kier molecular flexibility index (Phi) is 1.89. The Hall–Kier alpha value is -0.640. The van der Waals surface area contributed by atoms with Gasteiger partial charge in [-0.15, -0.1) is 0 Å². The van der Waals surface area contributed by atoms with Crippen molar-refractivity contribution in [3.8, 4) is 0 Å². The number of hydrogen-bond acceptors (Lipinski definition) is 3. The van der Waals surface area contributed by atoms with Gasteiger partial charge in [-0.25, -0.2) is 8.42 Å². The standard InChI is InChI=1S/C6H9NO2S/c1-10(8,9)6-3-2-4-7-5-6/h3,5H,2,4H2,1H3. The molecule has 0 saturated heterocycles. The van der Waals surface area contributed by atoms with E-state index in [1.54, 1.807) is 6.08 Å². The average molecular weight is 159 g/mol. The van der Waals surface area contributed by atoms with Gasteiger partial charge in [0.2, 0.25) is 0 Å². The minimum atomic E-state index is -3.01. The Morgan fingerprint density at radius 1 is 1.60 bits per heavy atom. The van der Waals surface area contributed by atoms with Gasteiger partial charge in [-0.2, -0.15) is 0 Å². The molecule has 0 aliphatic carbocycles. The summed E-state index contributed by atoms with van der Waals surface area (Å²) in [7, 11) is -3.01. The molecule has 0 spiro atoms. The van der Waals surface area contributed by atoms with E-state index in [0.29, 0.717) is 11.4 Å². The Morgan fingerprint density at radius 2 is 2.30 bits per heavy atom. The van der Waals surface area contributed by atoms with Crippen LogP contribution in [0.5, 0.6) is 0 Å². The maximum Gasteiger partial charge on any atom is 0.176 e. The first-order valence-corrected chi connectivity index (χ1v) is 4.90. The summed E-state index contributed by atoms with van der Waals surface area (Å²) >= 11 is 0. The van der Waals surface area contributed by atoms with Crippen molar-refractivity contribution in [1.82, 2.24) is 0 Å². The number of nitrogens with zero attached hydrogens (tertiary/aromatic N) is 1. The van der Waals surface area contributed by atoms with Gasteiger partial charge in [-0.05, 0) is 6.42 Å². The molecule has 0 radical (unpaired) electrons. The van der Waals surface area contributed by atoms with Crippen LogP contribution in [0.2, 0.25) is 0 Å². The molecule has 1 aliphatic heterocycles. The molecular formula is C6H9NO2S. The maximum absolute atomic E-state index is 10.8. The lowest BCUT2D eigenvalue weighted by atomic mass is 10.3. The lowest BCUT2D eigenvalue weighted by molar-refractivity contribution is 0.608. The molecule has 10 heavy (non-hydrogen) atoms. The van der Waals surface area contributed by atoms with Crippen molar-refractivity contribution in [2.45, 2.75) is 6.42 Å². The number of dihydropyridines is 1. The van der Waals surface area contributed by atoms with Gasteiger partial charge in [0, 0.05) is 19.0 Å². The highest BCUT2D eigenvalue weighted by Gasteiger charge is 2.09. The summed E-state index contributed by atoms with van der Waals surface area (Å²) in [5.74, 6) is 0. The Bertz CT molecular complexity index is 274. The number of rotatable bonds is 1. The van der Waals surface area contributed by atoms with E-state index in [1.165, 1.54) is 12.5 Å². The molecule has 3 nitrogen and oxygen atoms in total. The van der Waals surface area contributed by atoms with E-state index in [0.717, 1.165) is 6.42 Å². The van der Waals surface area contributed by atoms with Crippen LogP contribution in [-0.4, -0.2) is 27.4 Å². The van der Waals surface area contributed by atoms with E-state index in [2.05, 4.69) is 4.99 Å². The first-order chi connectivity index (χ1) is 4.61. The van der Waals surface area contributed by atoms with Crippen LogP contribution >= 0.6 is 0 Å². The zero-order valence-electron chi connectivity index (χ0n) is 5.74. The fourth-order valence-corrected chi connectivity index (χ4v) is 1.42. The normalized spacial score (nSPS) is 18.7. The van der Waals surface area contributed by atoms with Crippen molar-refractivity contribution in [2.24, 2.45) is 4.99 Å². The molecule has 0 saturated carbocycles. The fraction of sp³-hybridized carbons (Fsp3) is 0.500. The summed E-state index contributed by atoms with van der Waals surface area (Å²) in [5.41, 5.74) is 0. The average Bonchev–Trinajstić information content (AvgIpc) is 1.88. The van der Waals surface area contributed by atoms with Crippen molar-refractivity contribution >= 4 is 16.1 Å². The van der Waals surface area contributed by atoms with Gasteiger partial charge in [0.25, 0.3) is 0 Å². The lowest BCUT2D eigenvalue weighted by Gasteiger charge is -2.01. The Labute approximate surface area is 60.4 Å². The quantitative estimate of drug-likeness (QED) is 0.555. The molecule has 1 heterocycles. The van der Waals surface area contributed by atoms with Crippen molar-refractivity contribution < 1.29 is 8.42 Å². The monoisotopic (exact) mass is 159 g/mol. The highest BCUT2D eigenvalue weighted by atomic mass is 32.2. The zero-order chi connectivity index (χ0) is 7.61. The minimum Gasteiger partial charge on any atom is -0.292 e. The van der Waals surface area contributed by atoms with Gasteiger partial charge in [-0.3, -0.25) is 4.99 Å². The predicted octanol–water partition coefficient (Wildman–Crippen LogP) is 0.389. The summed E-state index contributed by atoms with van der Waals surface area (Å²) < 4.78 is 21.7. The van der Waals surface area contributed by atoms with Crippen LogP contribution in [0.15, 0.2) is 16.0 Å². The molecule has 4 heteroatoms. The third kappa shape index (κ3) is 1.67. The van der Waals surface area contributed by atoms with Gasteiger partial charge in [-0.1, -0.05) is 6.08 Å². The molecule has 1 aliphatic rings. The van der Waals surface area contributed by atoms with Crippen LogP contribution in [0.3, 0.4) is 0 Å². The molecule has 1 rings (SSSR count). The van der Waals surface area contributed by atoms with Crippen LogP contribution < -0.4 is 0 Å². The minimum absolute atomic E-state index is 0.346. The van der Waals surface area contributed by atoms with Gasteiger partial charge in [0.05, 0.1) is 4.91 Å². The van der Waals surface area contributed by atoms with Crippen molar-refractivity contribution in [1.29, 1.82) is 0 Å². The third-order valence-electron chi connectivity index (χ3n) is 1.25. The maximum atomic E-state index is 10.8. The van der Waals surface area contributed by atoms with Crippen LogP contribution in [-0.2, 0) is 9.84 Å². The molecular weight excluding hydrogens is 150 g/mol. The predicted molar refractivity (Wildman–Crippen MR) is 40.9 cm³/mol. The van der Waals surface area contributed by atoms with E-state index in [1.807, 2.05) is 0 Å². The number of hydrogen-bond donors (Lipinski definition) is 0. The molecule has 0 unspecified atom stereocenters. The molecule has 0 aromatic rings. The van der Waals surface area contributed by atoms with E-state index in [4.69, 9.17) is 0 Å². The zero-order valence-corrected chi connectivity index (χ0v) is 6.56. The van der Waals surface area contributed by atoms with E-state index < -0.39 is 9.84 Å². The number of sulfone groups is 1. The van der Waals surface area contributed by atoms with Gasteiger partial charge < -0.3 is 0 Å². The smallest absolute Gasteiger partial charge is 0.176 e. The first-order valence-electron chi connectivity index (χ1n) is 3.01. The van der Waals surface area contributed by atoms with E-state index >= 15 is 0 Å². The first kappa shape index (κ1) is 7.47. The summed E-state index contributed by atoms with van der Waals surface area (Å²) in [5, 5.41) is 0. The molecule has 0 atom stereocenters. The van der Waals surface area contributed by atoms with Crippen molar-refractivity contribution in [2.75, 3.05) is 12.8 Å². The largest absolute Gasteiger partial charge is 0.292 e. The third-order valence-corrected chi connectivity index (χ3v) is 2.38. The van der Waals surface area contributed by atoms with Crippen LogP contribution in [0, 0.1) is 0 Å². The molecule has 56 valence electrons. The van der Waals surface area contributed by atoms with Crippen LogP contribution in [0.25, 0.3) is 0 Å². The second-order valence-corrected chi connectivity index (χ2v) is 4.22. The Balaban J connectivity index is 2.94. The fourth-order valence-electron chi connectivity index (χ4n) is 0.736. The van der Waals surface area contributed by atoms with Crippen LogP contribution in [0.1, 0.15) is 6.42 Å². The van der Waals surface area contributed by atoms with Crippen molar-refractivity contribution in [3.05, 3.63) is 11.0 Å². The van der Waals surface area contributed by atoms with E-state index in [-0.39, 0.29) is 0 Å². The summed E-state index contributed by atoms with van der Waals surface area (Å²) in [6.45, 7) is 0.707. The molecule has 0 aromatic heterocycles.